The maximum atomic E-state index is 12.4. The van der Waals surface area contributed by atoms with Crippen molar-refractivity contribution in [2.45, 2.75) is 12.8 Å². The molecule has 2 amide bonds. The Morgan fingerprint density at radius 2 is 1.71 bits per heavy atom. The van der Waals surface area contributed by atoms with Crippen molar-refractivity contribution in [1.82, 2.24) is 15.1 Å². The molecule has 34 heavy (non-hydrogen) atoms. The Bertz CT molecular complexity index is 1250. The van der Waals surface area contributed by atoms with Crippen molar-refractivity contribution in [3.63, 3.8) is 0 Å². The highest BCUT2D eigenvalue weighted by Gasteiger charge is 2.29. The van der Waals surface area contributed by atoms with Crippen LogP contribution in [0.3, 0.4) is 0 Å². The second kappa shape index (κ2) is 9.62. The maximum absolute atomic E-state index is 12.4. The van der Waals surface area contributed by atoms with Gasteiger partial charge in [-0.15, -0.1) is 0 Å². The van der Waals surface area contributed by atoms with Gasteiger partial charge in [0.1, 0.15) is 6.61 Å². The standard InChI is InChI=1S/C25H24N4O5/c1-15(23(30)27-21-13-29(2)28-22(21)24(31)32)11-12-26-25(33)34-14-20-18-9-5-3-7-16(18)17-8-4-6-10-19(17)20/h3-11,13,20H,12,14H2,1-2H3,(H,26,33)(H,27,30)(H,31,32)/b15-11+. The predicted molar refractivity (Wildman–Crippen MR) is 126 cm³/mol. The molecule has 0 aliphatic heterocycles. The predicted octanol–water partition coefficient (Wildman–Crippen LogP) is 3.54. The molecule has 0 fully saturated rings. The molecule has 1 aromatic heterocycles. The number of nitrogens with zero attached hydrogens (tertiary/aromatic N) is 2. The second-order valence-corrected chi connectivity index (χ2v) is 7.92. The lowest BCUT2D eigenvalue weighted by atomic mass is 9.98. The minimum Gasteiger partial charge on any atom is -0.476 e. The Balaban J connectivity index is 1.31. The highest BCUT2D eigenvalue weighted by molar-refractivity contribution is 6.06. The van der Waals surface area contributed by atoms with Crippen LogP contribution in [0.1, 0.15) is 34.5 Å². The molecule has 174 valence electrons. The Morgan fingerprint density at radius 3 is 2.32 bits per heavy atom. The van der Waals surface area contributed by atoms with Crippen LogP contribution in [0.5, 0.6) is 0 Å². The number of rotatable bonds is 7. The zero-order valence-electron chi connectivity index (χ0n) is 18.7. The van der Waals surface area contributed by atoms with Crippen LogP contribution in [0.25, 0.3) is 11.1 Å². The van der Waals surface area contributed by atoms with Gasteiger partial charge >= 0.3 is 12.1 Å². The van der Waals surface area contributed by atoms with E-state index in [2.05, 4.69) is 27.9 Å². The van der Waals surface area contributed by atoms with E-state index in [0.717, 1.165) is 22.3 Å². The van der Waals surface area contributed by atoms with Gasteiger partial charge in [-0.25, -0.2) is 9.59 Å². The lowest BCUT2D eigenvalue weighted by Gasteiger charge is -2.14. The molecular formula is C25H24N4O5. The molecule has 1 aliphatic rings. The number of aromatic nitrogens is 2. The number of carboxylic acids is 1. The molecule has 3 aromatic rings. The summed E-state index contributed by atoms with van der Waals surface area (Å²) in [4.78, 5) is 35.8. The van der Waals surface area contributed by atoms with Crippen molar-refractivity contribution in [2.24, 2.45) is 7.05 Å². The van der Waals surface area contributed by atoms with Gasteiger partial charge in [0.05, 0.1) is 5.69 Å². The number of carbonyl (C=O) groups excluding carboxylic acids is 2. The summed E-state index contributed by atoms with van der Waals surface area (Å²) >= 11 is 0. The molecule has 9 heteroatoms. The Labute approximate surface area is 196 Å². The van der Waals surface area contributed by atoms with Crippen molar-refractivity contribution in [3.8, 4) is 11.1 Å². The molecule has 4 rings (SSSR count). The number of fused-ring (bicyclic) bond motifs is 3. The summed E-state index contributed by atoms with van der Waals surface area (Å²) in [5.41, 5.74) is 4.70. The first-order chi connectivity index (χ1) is 16.3. The number of aromatic carboxylic acids is 1. The number of benzene rings is 2. The van der Waals surface area contributed by atoms with Crippen LogP contribution in [-0.4, -0.2) is 46.0 Å². The molecule has 0 unspecified atom stereocenters. The van der Waals surface area contributed by atoms with Crippen LogP contribution in [0, 0.1) is 0 Å². The monoisotopic (exact) mass is 460 g/mol. The van der Waals surface area contributed by atoms with Gasteiger partial charge in [0, 0.05) is 31.3 Å². The first-order valence-electron chi connectivity index (χ1n) is 10.7. The summed E-state index contributed by atoms with van der Waals surface area (Å²) in [6, 6.07) is 16.2. The van der Waals surface area contributed by atoms with E-state index >= 15 is 0 Å². The number of anilines is 1. The van der Waals surface area contributed by atoms with Crippen LogP contribution in [0.2, 0.25) is 0 Å². The fourth-order valence-electron chi connectivity index (χ4n) is 3.99. The number of alkyl carbamates (subject to hydrolysis) is 1. The van der Waals surface area contributed by atoms with Crippen LogP contribution >= 0.6 is 0 Å². The lowest BCUT2D eigenvalue weighted by Crippen LogP contribution is -2.26. The second-order valence-electron chi connectivity index (χ2n) is 7.92. The van der Waals surface area contributed by atoms with Crippen molar-refractivity contribution >= 4 is 23.7 Å². The van der Waals surface area contributed by atoms with E-state index in [1.54, 1.807) is 14.0 Å². The van der Waals surface area contributed by atoms with E-state index in [0.29, 0.717) is 5.57 Å². The van der Waals surface area contributed by atoms with Gasteiger partial charge in [-0.2, -0.15) is 5.10 Å². The number of ether oxygens (including phenoxy) is 1. The summed E-state index contributed by atoms with van der Waals surface area (Å²) in [5, 5.41) is 18.1. The molecular weight excluding hydrogens is 436 g/mol. The number of hydrogen-bond acceptors (Lipinski definition) is 5. The van der Waals surface area contributed by atoms with E-state index in [1.807, 2.05) is 36.4 Å². The number of aryl methyl sites for hydroxylation is 1. The Morgan fingerprint density at radius 1 is 1.09 bits per heavy atom. The summed E-state index contributed by atoms with van der Waals surface area (Å²) in [5.74, 6) is -1.77. The minimum absolute atomic E-state index is 0.0379. The van der Waals surface area contributed by atoms with Crippen LogP contribution in [-0.2, 0) is 16.6 Å². The maximum Gasteiger partial charge on any atom is 0.407 e. The van der Waals surface area contributed by atoms with Gasteiger partial charge in [-0.1, -0.05) is 54.6 Å². The minimum atomic E-state index is -1.24. The molecule has 3 N–H and O–H groups in total. The topological polar surface area (TPSA) is 123 Å². The summed E-state index contributed by atoms with van der Waals surface area (Å²) in [6.45, 7) is 1.84. The van der Waals surface area contributed by atoms with E-state index in [1.165, 1.54) is 17.0 Å². The number of nitrogens with one attached hydrogen (secondary N) is 2. The highest BCUT2D eigenvalue weighted by Crippen LogP contribution is 2.44. The van der Waals surface area contributed by atoms with Gasteiger partial charge in [0.2, 0.25) is 0 Å². The van der Waals surface area contributed by atoms with Gasteiger partial charge in [-0.05, 0) is 29.2 Å². The molecule has 0 bridgehead atoms. The molecule has 0 atom stereocenters. The SMILES string of the molecule is C/C(=C\CNC(=O)OCC1c2ccccc2-c2ccccc21)C(=O)Nc1cn(C)nc1C(=O)O. The third kappa shape index (κ3) is 4.68. The zero-order valence-corrected chi connectivity index (χ0v) is 18.7. The average Bonchev–Trinajstić information content (AvgIpc) is 3.35. The first-order valence-corrected chi connectivity index (χ1v) is 10.7. The lowest BCUT2D eigenvalue weighted by molar-refractivity contribution is -0.112. The fourth-order valence-corrected chi connectivity index (χ4v) is 3.99. The fraction of sp³-hybridized carbons (Fsp3) is 0.200. The molecule has 9 nitrogen and oxygen atoms in total. The van der Waals surface area contributed by atoms with Gasteiger partial charge < -0.3 is 20.5 Å². The number of carbonyl (C=O) groups is 3. The number of hydrogen-bond donors (Lipinski definition) is 3. The van der Waals surface area contributed by atoms with Gasteiger partial charge in [-0.3, -0.25) is 9.48 Å². The molecule has 0 saturated carbocycles. The number of amides is 2. The van der Waals surface area contributed by atoms with E-state index in [9.17, 15) is 14.4 Å². The van der Waals surface area contributed by atoms with Crippen molar-refractivity contribution < 1.29 is 24.2 Å². The van der Waals surface area contributed by atoms with E-state index in [-0.39, 0.29) is 30.5 Å². The van der Waals surface area contributed by atoms with Gasteiger partial charge in [0.25, 0.3) is 5.91 Å². The molecule has 0 radical (unpaired) electrons. The van der Waals surface area contributed by atoms with Crippen LogP contribution in [0.4, 0.5) is 10.5 Å². The zero-order chi connectivity index (χ0) is 24.2. The normalized spacial score (nSPS) is 12.6. The van der Waals surface area contributed by atoms with Crippen molar-refractivity contribution in [1.29, 1.82) is 0 Å². The van der Waals surface area contributed by atoms with E-state index < -0.39 is 18.0 Å². The average molecular weight is 460 g/mol. The number of carboxylic acid groups (broad SMARTS) is 1. The third-order valence-electron chi connectivity index (χ3n) is 5.64. The van der Waals surface area contributed by atoms with Gasteiger partial charge in [0.15, 0.2) is 5.69 Å². The molecule has 0 saturated heterocycles. The van der Waals surface area contributed by atoms with Crippen LogP contribution in [0.15, 0.2) is 66.4 Å². The molecule has 1 heterocycles. The van der Waals surface area contributed by atoms with Crippen molar-refractivity contribution in [2.75, 3.05) is 18.5 Å². The Kier molecular flexibility index (Phi) is 6.44. The summed E-state index contributed by atoms with van der Waals surface area (Å²) in [7, 11) is 1.56. The largest absolute Gasteiger partial charge is 0.476 e. The Hall–Kier alpha value is -4.40. The molecule has 0 spiro atoms. The molecule has 2 aromatic carbocycles. The van der Waals surface area contributed by atoms with E-state index in [4.69, 9.17) is 9.84 Å². The van der Waals surface area contributed by atoms with Crippen molar-refractivity contribution in [3.05, 3.63) is 83.2 Å². The highest BCUT2D eigenvalue weighted by atomic mass is 16.5. The quantitative estimate of drug-likeness (QED) is 0.464. The third-order valence-corrected chi connectivity index (χ3v) is 5.64. The summed E-state index contributed by atoms with van der Waals surface area (Å²) < 4.78 is 6.77. The van der Waals surface area contributed by atoms with Crippen LogP contribution < -0.4 is 10.6 Å². The first kappa shape index (κ1) is 22.8. The summed E-state index contributed by atoms with van der Waals surface area (Å²) in [6.07, 6.45) is 2.34. The molecule has 1 aliphatic carbocycles. The smallest absolute Gasteiger partial charge is 0.407 e.